The minimum Gasteiger partial charge on any atom is -0.348 e. The van der Waals surface area contributed by atoms with Gasteiger partial charge in [-0.15, -0.1) is 0 Å². The van der Waals surface area contributed by atoms with Gasteiger partial charge in [-0.25, -0.2) is 0 Å². The van der Waals surface area contributed by atoms with Gasteiger partial charge in [-0.3, -0.25) is 9.59 Å². The lowest BCUT2D eigenvalue weighted by atomic mass is 9.75. The minimum atomic E-state index is -0.156. The molecule has 4 nitrogen and oxygen atoms in total. The van der Waals surface area contributed by atoms with Crippen LogP contribution in [0, 0.1) is 27.7 Å². The molecule has 1 aliphatic carbocycles. The molecule has 1 unspecified atom stereocenters. The molecule has 0 aliphatic heterocycles. The highest BCUT2D eigenvalue weighted by Gasteiger charge is 2.45. The van der Waals surface area contributed by atoms with Crippen LogP contribution in [0.15, 0.2) is 78.9 Å². The van der Waals surface area contributed by atoms with Crippen LogP contribution in [0.1, 0.15) is 92.4 Å². The van der Waals surface area contributed by atoms with Gasteiger partial charge >= 0.3 is 0 Å². The van der Waals surface area contributed by atoms with Gasteiger partial charge in [0.05, 0.1) is 0 Å². The van der Waals surface area contributed by atoms with Gasteiger partial charge in [-0.2, -0.15) is 0 Å². The zero-order valence-electron chi connectivity index (χ0n) is 25.2. The first-order chi connectivity index (χ1) is 19.4. The van der Waals surface area contributed by atoms with Crippen molar-refractivity contribution in [2.24, 2.45) is 0 Å². The smallest absolute Gasteiger partial charge is 0.255 e. The summed E-state index contributed by atoms with van der Waals surface area (Å²) in [6.07, 6.45) is 0.974. The van der Waals surface area contributed by atoms with Crippen molar-refractivity contribution in [3.05, 3.63) is 134 Å². The Labute approximate surface area is 244 Å². The van der Waals surface area contributed by atoms with Crippen molar-refractivity contribution in [3.8, 4) is 0 Å². The lowest BCUT2D eigenvalue weighted by molar-refractivity contribution is 0.0950. The van der Waals surface area contributed by atoms with Crippen LogP contribution < -0.4 is 10.6 Å². The van der Waals surface area contributed by atoms with E-state index in [1.807, 2.05) is 69.3 Å². The summed E-state index contributed by atoms with van der Waals surface area (Å²) >= 11 is 0. The molecule has 0 heterocycles. The number of carbonyl (C=O) groups excluding carboxylic acids is 2. The van der Waals surface area contributed by atoms with E-state index in [1.165, 1.54) is 27.8 Å². The molecule has 2 amide bonds. The molecule has 210 valence electrons. The Kier molecular flexibility index (Phi) is 7.37. The van der Waals surface area contributed by atoms with Crippen LogP contribution in [0.4, 0.5) is 5.69 Å². The number of fused-ring (bicyclic) bond motifs is 1. The molecule has 0 saturated heterocycles. The van der Waals surface area contributed by atoms with Crippen molar-refractivity contribution in [2.45, 2.75) is 72.3 Å². The molecular weight excluding hydrogens is 504 g/mol. The van der Waals surface area contributed by atoms with Gasteiger partial charge in [0, 0.05) is 28.8 Å². The van der Waals surface area contributed by atoms with Gasteiger partial charge in [0.1, 0.15) is 0 Å². The molecule has 0 bridgehead atoms. The number of hydrogen-bond donors (Lipinski definition) is 2. The van der Waals surface area contributed by atoms with E-state index in [2.05, 4.69) is 68.7 Å². The highest BCUT2D eigenvalue weighted by Crippen LogP contribution is 2.53. The molecule has 4 aromatic carbocycles. The second-order valence-electron chi connectivity index (χ2n) is 12.6. The molecule has 4 heteroatoms. The standard InChI is InChI=1S/C37H40N2O2/c1-23-8-11-28(18-25(23)3)34(40)38-21-27-10-17-32-33(20-27)36(5,6)22-37(32,7)30-13-15-31(16-14-30)39-35(41)29-12-9-24(2)26(4)19-29/h8-20H,21-22H2,1-7H3,(H,38,40)(H,39,41). The Balaban J connectivity index is 1.32. The van der Waals surface area contributed by atoms with Crippen LogP contribution in [0.25, 0.3) is 0 Å². The Bertz CT molecular complexity index is 1650. The van der Waals surface area contributed by atoms with Crippen molar-refractivity contribution in [1.82, 2.24) is 5.32 Å². The van der Waals surface area contributed by atoms with E-state index in [9.17, 15) is 9.59 Å². The molecule has 1 aliphatic rings. The van der Waals surface area contributed by atoms with Crippen LogP contribution in [-0.4, -0.2) is 11.8 Å². The first-order valence-electron chi connectivity index (χ1n) is 14.4. The third kappa shape index (κ3) is 5.56. The number of amides is 2. The summed E-state index contributed by atoms with van der Waals surface area (Å²) in [6.45, 7) is 15.5. The predicted octanol–water partition coefficient (Wildman–Crippen LogP) is 8.09. The molecule has 0 saturated carbocycles. The fourth-order valence-corrected chi connectivity index (χ4v) is 6.25. The topological polar surface area (TPSA) is 58.2 Å². The van der Waals surface area contributed by atoms with Crippen LogP contribution in [0.5, 0.6) is 0 Å². The third-order valence-corrected chi connectivity index (χ3v) is 8.97. The molecule has 5 rings (SSSR count). The molecule has 0 aromatic heterocycles. The summed E-state index contributed by atoms with van der Waals surface area (Å²) in [6, 6.07) is 26.5. The molecule has 0 fully saturated rings. The van der Waals surface area contributed by atoms with Gasteiger partial charge in [-0.05, 0) is 120 Å². The van der Waals surface area contributed by atoms with E-state index < -0.39 is 0 Å². The SMILES string of the molecule is Cc1ccc(C(=O)NCc2ccc3c(c2)C(C)(C)CC3(C)c2ccc(NC(=O)c3ccc(C)c(C)c3)cc2)cc1C. The second kappa shape index (κ2) is 10.7. The maximum Gasteiger partial charge on any atom is 0.255 e. The van der Waals surface area contributed by atoms with E-state index in [4.69, 9.17) is 0 Å². The lowest BCUT2D eigenvalue weighted by Gasteiger charge is -2.28. The number of benzene rings is 4. The molecule has 4 aromatic rings. The summed E-state index contributed by atoms with van der Waals surface area (Å²) in [5.41, 5.74) is 11.5. The molecule has 0 spiro atoms. The molecule has 0 radical (unpaired) electrons. The van der Waals surface area contributed by atoms with Crippen molar-refractivity contribution >= 4 is 17.5 Å². The van der Waals surface area contributed by atoms with E-state index >= 15 is 0 Å². The lowest BCUT2D eigenvalue weighted by Crippen LogP contribution is -2.23. The maximum absolute atomic E-state index is 12.8. The zero-order valence-corrected chi connectivity index (χ0v) is 25.2. The van der Waals surface area contributed by atoms with Crippen molar-refractivity contribution in [2.75, 3.05) is 5.32 Å². The number of carbonyl (C=O) groups is 2. The van der Waals surface area contributed by atoms with Gasteiger partial charge in [0.15, 0.2) is 0 Å². The number of nitrogens with one attached hydrogen (secondary N) is 2. The monoisotopic (exact) mass is 544 g/mol. The predicted molar refractivity (Wildman–Crippen MR) is 168 cm³/mol. The van der Waals surface area contributed by atoms with Gasteiger partial charge in [0.25, 0.3) is 11.8 Å². The van der Waals surface area contributed by atoms with E-state index in [1.54, 1.807) is 0 Å². The van der Waals surface area contributed by atoms with Crippen LogP contribution >= 0.6 is 0 Å². The number of anilines is 1. The zero-order chi connectivity index (χ0) is 29.5. The highest BCUT2D eigenvalue weighted by molar-refractivity contribution is 6.04. The van der Waals surface area contributed by atoms with Crippen molar-refractivity contribution < 1.29 is 9.59 Å². The van der Waals surface area contributed by atoms with Crippen LogP contribution in [-0.2, 0) is 17.4 Å². The summed E-state index contributed by atoms with van der Waals surface area (Å²) in [5, 5.41) is 6.14. The third-order valence-electron chi connectivity index (χ3n) is 8.97. The number of rotatable bonds is 6. The number of hydrogen-bond acceptors (Lipinski definition) is 2. The summed E-state index contributed by atoms with van der Waals surface area (Å²) < 4.78 is 0. The van der Waals surface area contributed by atoms with Gasteiger partial charge in [-0.1, -0.05) is 63.2 Å². The van der Waals surface area contributed by atoms with E-state index in [0.29, 0.717) is 17.7 Å². The fraction of sp³-hybridized carbons (Fsp3) is 0.297. The minimum absolute atomic E-state index is 0.0195. The van der Waals surface area contributed by atoms with Gasteiger partial charge in [0.2, 0.25) is 0 Å². The molecule has 1 atom stereocenters. The van der Waals surface area contributed by atoms with Crippen molar-refractivity contribution in [1.29, 1.82) is 0 Å². The Morgan fingerprint density at radius 2 is 1.24 bits per heavy atom. The number of aryl methyl sites for hydroxylation is 4. The van der Waals surface area contributed by atoms with Crippen molar-refractivity contribution in [3.63, 3.8) is 0 Å². The van der Waals surface area contributed by atoms with Gasteiger partial charge < -0.3 is 10.6 Å². The quantitative estimate of drug-likeness (QED) is 0.258. The van der Waals surface area contributed by atoms with E-state index in [-0.39, 0.29) is 22.6 Å². The Morgan fingerprint density at radius 1 is 0.659 bits per heavy atom. The summed E-state index contributed by atoms with van der Waals surface area (Å²) in [7, 11) is 0. The Hall–Kier alpha value is -4.18. The molecule has 41 heavy (non-hydrogen) atoms. The maximum atomic E-state index is 12.8. The first kappa shape index (κ1) is 28.4. The van der Waals surface area contributed by atoms with E-state index in [0.717, 1.165) is 28.8 Å². The summed E-state index contributed by atoms with van der Waals surface area (Å²) in [4.78, 5) is 25.6. The Morgan fingerprint density at radius 3 is 1.83 bits per heavy atom. The van der Waals surface area contributed by atoms with Crippen LogP contribution in [0.3, 0.4) is 0 Å². The first-order valence-corrected chi connectivity index (χ1v) is 14.4. The second-order valence-corrected chi connectivity index (χ2v) is 12.6. The average Bonchev–Trinajstić information content (AvgIpc) is 3.15. The largest absolute Gasteiger partial charge is 0.348 e. The highest BCUT2D eigenvalue weighted by atomic mass is 16.2. The normalized spacial score (nSPS) is 17.1. The fourth-order valence-electron chi connectivity index (χ4n) is 6.25. The van der Waals surface area contributed by atoms with Crippen LogP contribution in [0.2, 0.25) is 0 Å². The average molecular weight is 545 g/mol. The molecular formula is C37H40N2O2. The molecule has 2 N–H and O–H groups in total. The summed E-state index contributed by atoms with van der Waals surface area (Å²) in [5.74, 6) is -0.154.